The van der Waals surface area contributed by atoms with Gasteiger partial charge in [0, 0.05) is 26.2 Å². The molecule has 6 nitrogen and oxygen atoms in total. The van der Waals surface area contributed by atoms with Crippen LogP contribution in [0.25, 0.3) is 0 Å². The quantitative estimate of drug-likeness (QED) is 0.689. The Morgan fingerprint density at radius 3 is 2.57 bits per heavy atom. The predicted octanol–water partition coefficient (Wildman–Crippen LogP) is 1.47. The molecule has 0 spiro atoms. The molecule has 1 fully saturated rings. The van der Waals surface area contributed by atoms with Crippen molar-refractivity contribution in [2.75, 3.05) is 40.0 Å². The van der Waals surface area contributed by atoms with Crippen molar-refractivity contribution in [1.82, 2.24) is 9.62 Å². The van der Waals surface area contributed by atoms with Crippen LogP contribution in [0.1, 0.15) is 19.8 Å². The summed E-state index contributed by atoms with van der Waals surface area (Å²) in [5, 5.41) is 3.23. The molecule has 1 unspecified atom stereocenters. The van der Waals surface area contributed by atoms with Crippen molar-refractivity contribution in [3.05, 3.63) is 24.3 Å². The fourth-order valence-electron chi connectivity index (χ4n) is 2.69. The molecule has 0 bridgehead atoms. The van der Waals surface area contributed by atoms with Crippen molar-refractivity contribution in [3.63, 3.8) is 0 Å². The molecule has 23 heavy (non-hydrogen) atoms. The van der Waals surface area contributed by atoms with Crippen molar-refractivity contribution >= 4 is 10.0 Å². The summed E-state index contributed by atoms with van der Waals surface area (Å²) in [6.07, 6.45) is 1.66. The van der Waals surface area contributed by atoms with Crippen LogP contribution in [0.2, 0.25) is 0 Å². The van der Waals surface area contributed by atoms with E-state index in [-0.39, 0.29) is 6.04 Å². The third-order valence-corrected chi connectivity index (χ3v) is 5.84. The standard InChI is InChI=1S/C16H26N2O4S/c1-3-10-18(14-8-9-17-13-14)23(19,20)16-6-4-15(5-7-16)22-12-11-21-2/h4-7,14,17H,3,8-13H2,1-2H3. The topological polar surface area (TPSA) is 67.9 Å². The number of benzene rings is 1. The molecule has 0 saturated carbocycles. The Bertz CT molecular complexity index is 568. The Kier molecular flexibility index (Phi) is 6.83. The van der Waals surface area contributed by atoms with Gasteiger partial charge in [0.15, 0.2) is 0 Å². The lowest BCUT2D eigenvalue weighted by Crippen LogP contribution is -2.41. The van der Waals surface area contributed by atoms with Gasteiger partial charge in [-0.05, 0) is 43.7 Å². The maximum atomic E-state index is 12.9. The highest BCUT2D eigenvalue weighted by molar-refractivity contribution is 7.89. The lowest BCUT2D eigenvalue weighted by Gasteiger charge is -2.27. The van der Waals surface area contributed by atoms with Gasteiger partial charge in [-0.1, -0.05) is 6.92 Å². The molecular formula is C16H26N2O4S. The van der Waals surface area contributed by atoms with E-state index >= 15 is 0 Å². The van der Waals surface area contributed by atoms with E-state index in [1.165, 1.54) is 0 Å². The molecule has 0 aliphatic carbocycles. The summed E-state index contributed by atoms with van der Waals surface area (Å²) in [6, 6.07) is 6.65. The Balaban J connectivity index is 2.13. The molecule has 7 heteroatoms. The number of sulfonamides is 1. The Morgan fingerprint density at radius 2 is 2.00 bits per heavy atom. The second-order valence-corrected chi connectivity index (χ2v) is 7.47. The van der Waals surface area contributed by atoms with E-state index in [0.29, 0.717) is 30.4 Å². The van der Waals surface area contributed by atoms with E-state index in [2.05, 4.69) is 5.32 Å². The van der Waals surface area contributed by atoms with E-state index in [9.17, 15) is 8.42 Å². The van der Waals surface area contributed by atoms with Gasteiger partial charge in [-0.15, -0.1) is 0 Å². The highest BCUT2D eigenvalue weighted by atomic mass is 32.2. The van der Waals surface area contributed by atoms with Crippen LogP contribution < -0.4 is 10.1 Å². The molecule has 1 aliphatic rings. The van der Waals surface area contributed by atoms with E-state index in [4.69, 9.17) is 9.47 Å². The van der Waals surface area contributed by atoms with E-state index in [1.54, 1.807) is 35.7 Å². The van der Waals surface area contributed by atoms with Crippen LogP contribution >= 0.6 is 0 Å². The van der Waals surface area contributed by atoms with Crippen LogP contribution in [-0.2, 0) is 14.8 Å². The van der Waals surface area contributed by atoms with Crippen LogP contribution in [0, 0.1) is 0 Å². The lowest BCUT2D eigenvalue weighted by molar-refractivity contribution is 0.146. The largest absolute Gasteiger partial charge is 0.491 e. The highest BCUT2D eigenvalue weighted by Crippen LogP contribution is 2.23. The van der Waals surface area contributed by atoms with E-state index in [1.807, 2.05) is 6.92 Å². The minimum atomic E-state index is -3.48. The van der Waals surface area contributed by atoms with Crippen molar-refractivity contribution < 1.29 is 17.9 Å². The number of rotatable bonds is 9. The zero-order valence-corrected chi connectivity index (χ0v) is 14.6. The molecule has 1 saturated heterocycles. The molecule has 0 radical (unpaired) electrons. The normalized spacial score (nSPS) is 18.5. The number of methoxy groups -OCH3 is 1. The maximum Gasteiger partial charge on any atom is 0.243 e. The van der Waals surface area contributed by atoms with E-state index in [0.717, 1.165) is 25.9 Å². The highest BCUT2D eigenvalue weighted by Gasteiger charge is 2.32. The van der Waals surface area contributed by atoms with Gasteiger partial charge < -0.3 is 14.8 Å². The van der Waals surface area contributed by atoms with Gasteiger partial charge in [-0.25, -0.2) is 8.42 Å². The van der Waals surface area contributed by atoms with Crippen LogP contribution in [-0.4, -0.2) is 58.7 Å². The molecule has 0 amide bonds. The van der Waals surface area contributed by atoms with Crippen LogP contribution in [0.4, 0.5) is 0 Å². The summed E-state index contributed by atoms with van der Waals surface area (Å²) in [5.74, 6) is 0.644. The smallest absolute Gasteiger partial charge is 0.243 e. The number of nitrogens with zero attached hydrogens (tertiary/aromatic N) is 1. The molecule has 0 aromatic heterocycles. The summed E-state index contributed by atoms with van der Waals surface area (Å²) in [4.78, 5) is 0.317. The molecular weight excluding hydrogens is 316 g/mol. The van der Waals surface area contributed by atoms with E-state index < -0.39 is 10.0 Å². The van der Waals surface area contributed by atoms with Crippen molar-refractivity contribution in [3.8, 4) is 5.75 Å². The van der Waals surface area contributed by atoms with Crippen molar-refractivity contribution in [2.24, 2.45) is 0 Å². The molecule has 130 valence electrons. The van der Waals surface area contributed by atoms with Crippen molar-refractivity contribution in [2.45, 2.75) is 30.7 Å². The third-order valence-electron chi connectivity index (χ3n) is 3.87. The molecule has 1 heterocycles. The van der Waals surface area contributed by atoms with Crippen LogP contribution in [0.5, 0.6) is 5.75 Å². The summed E-state index contributed by atoms with van der Waals surface area (Å²) in [7, 11) is -1.87. The minimum absolute atomic E-state index is 0.0394. The van der Waals surface area contributed by atoms with Gasteiger partial charge in [0.05, 0.1) is 11.5 Å². The molecule has 1 aromatic rings. The molecule has 2 rings (SSSR count). The first-order chi connectivity index (χ1) is 11.1. The first-order valence-electron chi connectivity index (χ1n) is 8.04. The second kappa shape index (κ2) is 8.63. The number of nitrogens with one attached hydrogen (secondary N) is 1. The van der Waals surface area contributed by atoms with Gasteiger partial charge in [0.1, 0.15) is 12.4 Å². The average Bonchev–Trinajstić information content (AvgIpc) is 3.07. The van der Waals surface area contributed by atoms with Gasteiger partial charge in [-0.2, -0.15) is 4.31 Å². The maximum absolute atomic E-state index is 12.9. The number of hydrogen-bond donors (Lipinski definition) is 1. The molecule has 1 aliphatic heterocycles. The zero-order valence-electron chi connectivity index (χ0n) is 13.8. The number of ether oxygens (including phenoxy) is 2. The monoisotopic (exact) mass is 342 g/mol. The summed E-state index contributed by atoms with van der Waals surface area (Å²) in [5.41, 5.74) is 0. The predicted molar refractivity (Wildman–Crippen MR) is 89.3 cm³/mol. The number of hydrogen-bond acceptors (Lipinski definition) is 5. The summed E-state index contributed by atoms with van der Waals surface area (Å²) in [6.45, 7) is 5.07. The SMILES string of the molecule is CCCN(C1CCNC1)S(=O)(=O)c1ccc(OCCOC)cc1. The van der Waals surface area contributed by atoms with Gasteiger partial charge in [-0.3, -0.25) is 0 Å². The Morgan fingerprint density at radius 1 is 1.26 bits per heavy atom. The Hall–Kier alpha value is -1.15. The van der Waals surface area contributed by atoms with Gasteiger partial charge >= 0.3 is 0 Å². The van der Waals surface area contributed by atoms with Crippen LogP contribution in [0.3, 0.4) is 0 Å². The first kappa shape index (κ1) is 18.2. The van der Waals surface area contributed by atoms with Gasteiger partial charge in [0.25, 0.3) is 0 Å². The lowest BCUT2D eigenvalue weighted by atomic mass is 10.2. The molecule has 1 N–H and O–H groups in total. The average molecular weight is 342 g/mol. The fourth-order valence-corrected chi connectivity index (χ4v) is 4.44. The third kappa shape index (κ3) is 4.67. The van der Waals surface area contributed by atoms with Crippen molar-refractivity contribution in [1.29, 1.82) is 0 Å². The Labute approximate surface area is 138 Å². The first-order valence-corrected chi connectivity index (χ1v) is 9.48. The van der Waals surface area contributed by atoms with Crippen LogP contribution in [0.15, 0.2) is 29.2 Å². The van der Waals surface area contributed by atoms with Gasteiger partial charge in [0.2, 0.25) is 10.0 Å². The second-order valence-electron chi connectivity index (χ2n) is 5.58. The summed E-state index contributed by atoms with van der Waals surface area (Å²) >= 11 is 0. The summed E-state index contributed by atoms with van der Waals surface area (Å²) < 4.78 is 37.9. The zero-order chi connectivity index (χ0) is 16.7. The molecule has 1 atom stereocenters. The fraction of sp³-hybridized carbons (Fsp3) is 0.625. The minimum Gasteiger partial charge on any atom is -0.491 e. The molecule has 1 aromatic carbocycles.